The Bertz CT molecular complexity index is 79.0. The first-order valence-corrected chi connectivity index (χ1v) is 3.43. The first-order chi connectivity index (χ1) is 4.00. The fraction of sp³-hybridized carbons (Fsp3) is 1.00. The number of hydrogen-bond donors (Lipinski definition) is 1. The smallest absolute Gasteiger partial charge is 0.116 e. The Morgan fingerprint density at radius 3 is 2.11 bits per heavy atom. The largest absolute Gasteiger partial charge is 0.361 e. The normalized spacial score (nSPS) is 18.0. The van der Waals surface area contributed by atoms with Gasteiger partial charge in [0.05, 0.1) is 0 Å². The van der Waals surface area contributed by atoms with Gasteiger partial charge in [-0.1, -0.05) is 13.8 Å². The molecule has 2 N–H and O–H groups in total. The van der Waals surface area contributed by atoms with Crippen molar-refractivity contribution in [1.29, 1.82) is 0 Å². The van der Waals surface area contributed by atoms with Crippen molar-refractivity contribution in [3.05, 3.63) is 0 Å². The van der Waals surface area contributed by atoms with Gasteiger partial charge in [0.2, 0.25) is 0 Å². The van der Waals surface area contributed by atoms with Gasteiger partial charge in [0, 0.05) is 6.61 Å². The molecular formula is C7H17NO. The Labute approximate surface area is 57.4 Å². The van der Waals surface area contributed by atoms with Crippen molar-refractivity contribution in [3.8, 4) is 0 Å². The maximum Gasteiger partial charge on any atom is 0.116 e. The van der Waals surface area contributed by atoms with E-state index in [0.717, 1.165) is 0 Å². The molecule has 1 unspecified atom stereocenters. The minimum absolute atomic E-state index is 0.373. The van der Waals surface area contributed by atoms with Crippen molar-refractivity contribution in [1.82, 2.24) is 0 Å². The molecule has 0 aromatic carbocycles. The van der Waals surface area contributed by atoms with Gasteiger partial charge in [-0.15, -0.1) is 0 Å². The van der Waals surface area contributed by atoms with Crippen LogP contribution < -0.4 is 5.73 Å². The van der Waals surface area contributed by atoms with Crippen LogP contribution in [0, 0.1) is 5.92 Å². The van der Waals surface area contributed by atoms with Crippen LogP contribution in [-0.4, -0.2) is 12.3 Å². The molecule has 0 bridgehead atoms. The van der Waals surface area contributed by atoms with E-state index in [1.54, 1.807) is 0 Å². The van der Waals surface area contributed by atoms with Crippen LogP contribution in [0.25, 0.3) is 0 Å². The van der Waals surface area contributed by atoms with E-state index in [0.29, 0.717) is 12.5 Å². The van der Waals surface area contributed by atoms with Gasteiger partial charge in [-0.05, 0) is 19.8 Å². The molecule has 0 rings (SSSR count). The van der Waals surface area contributed by atoms with Gasteiger partial charge in [0.1, 0.15) is 5.72 Å². The quantitative estimate of drug-likeness (QED) is 0.587. The molecule has 0 fully saturated rings. The highest BCUT2D eigenvalue weighted by molar-refractivity contribution is 4.69. The first kappa shape index (κ1) is 8.92. The van der Waals surface area contributed by atoms with E-state index < -0.39 is 5.72 Å². The van der Waals surface area contributed by atoms with E-state index in [9.17, 15) is 0 Å². The molecule has 0 spiro atoms. The summed E-state index contributed by atoms with van der Waals surface area (Å²) in [5.41, 5.74) is 5.30. The molecule has 56 valence electrons. The summed E-state index contributed by atoms with van der Waals surface area (Å²) in [6.45, 7) is 8.64. The van der Waals surface area contributed by atoms with Crippen LogP contribution >= 0.6 is 0 Å². The fourth-order valence-electron chi connectivity index (χ4n) is 0.478. The van der Waals surface area contributed by atoms with Crippen LogP contribution in [0.15, 0.2) is 0 Å². The van der Waals surface area contributed by atoms with Crippen molar-refractivity contribution in [2.45, 2.75) is 33.4 Å². The van der Waals surface area contributed by atoms with Crippen molar-refractivity contribution >= 4 is 0 Å². The van der Waals surface area contributed by atoms with E-state index >= 15 is 0 Å². The summed E-state index contributed by atoms with van der Waals surface area (Å²) in [7, 11) is 0. The standard InChI is InChI=1S/C7H17NO/c1-5-9-7(4,8)6(2)3/h6H,5,8H2,1-4H3. The zero-order chi connectivity index (χ0) is 7.49. The number of hydrogen-bond acceptors (Lipinski definition) is 2. The van der Waals surface area contributed by atoms with Crippen molar-refractivity contribution < 1.29 is 4.74 Å². The molecule has 0 heterocycles. The van der Waals surface area contributed by atoms with Crippen LogP contribution in [0.4, 0.5) is 0 Å². The van der Waals surface area contributed by atoms with E-state index in [4.69, 9.17) is 10.5 Å². The predicted octanol–water partition coefficient (Wildman–Crippen LogP) is 1.35. The third-order valence-corrected chi connectivity index (χ3v) is 1.60. The molecule has 0 aromatic heterocycles. The Hall–Kier alpha value is -0.0800. The Kier molecular flexibility index (Phi) is 3.15. The molecular weight excluding hydrogens is 114 g/mol. The first-order valence-electron chi connectivity index (χ1n) is 3.43. The van der Waals surface area contributed by atoms with Crippen LogP contribution in [0.1, 0.15) is 27.7 Å². The van der Waals surface area contributed by atoms with Crippen LogP contribution in [0.5, 0.6) is 0 Å². The summed E-state index contributed by atoms with van der Waals surface area (Å²) < 4.78 is 5.27. The fourth-order valence-corrected chi connectivity index (χ4v) is 0.478. The van der Waals surface area contributed by atoms with Crippen molar-refractivity contribution in [2.24, 2.45) is 11.7 Å². The van der Waals surface area contributed by atoms with E-state index in [-0.39, 0.29) is 0 Å². The zero-order valence-corrected chi connectivity index (χ0v) is 6.77. The molecule has 9 heavy (non-hydrogen) atoms. The minimum Gasteiger partial charge on any atom is -0.361 e. The summed E-state index contributed by atoms with van der Waals surface area (Å²) >= 11 is 0. The molecule has 1 atom stereocenters. The number of rotatable bonds is 3. The summed E-state index contributed by atoms with van der Waals surface area (Å²) in [5.74, 6) is 0.373. The summed E-state index contributed by atoms with van der Waals surface area (Å²) in [6.07, 6.45) is 0. The summed E-state index contributed by atoms with van der Waals surface area (Å²) in [5, 5.41) is 0. The SMILES string of the molecule is CCOC(C)(N)C(C)C. The lowest BCUT2D eigenvalue weighted by molar-refractivity contribution is -0.0537. The number of ether oxygens (including phenoxy) is 1. The Morgan fingerprint density at radius 1 is 1.56 bits per heavy atom. The van der Waals surface area contributed by atoms with Gasteiger partial charge in [0.25, 0.3) is 0 Å². The van der Waals surface area contributed by atoms with Gasteiger partial charge in [-0.25, -0.2) is 0 Å². The molecule has 0 aliphatic heterocycles. The Morgan fingerprint density at radius 2 is 2.00 bits per heavy atom. The van der Waals surface area contributed by atoms with Gasteiger partial charge in [0.15, 0.2) is 0 Å². The summed E-state index contributed by atoms with van der Waals surface area (Å²) in [6, 6.07) is 0. The number of nitrogens with two attached hydrogens (primary N) is 1. The highest BCUT2D eigenvalue weighted by Crippen LogP contribution is 2.13. The van der Waals surface area contributed by atoms with Gasteiger partial charge >= 0.3 is 0 Å². The lowest BCUT2D eigenvalue weighted by Gasteiger charge is -2.28. The predicted molar refractivity (Wildman–Crippen MR) is 39.1 cm³/mol. The van der Waals surface area contributed by atoms with Gasteiger partial charge in [-0.3, -0.25) is 0 Å². The molecule has 0 aromatic rings. The van der Waals surface area contributed by atoms with Crippen molar-refractivity contribution in [2.75, 3.05) is 6.61 Å². The maximum absolute atomic E-state index is 5.75. The molecule has 0 amide bonds. The van der Waals surface area contributed by atoms with Crippen molar-refractivity contribution in [3.63, 3.8) is 0 Å². The molecule has 2 nitrogen and oxygen atoms in total. The summed E-state index contributed by atoms with van der Waals surface area (Å²) in [4.78, 5) is 0. The highest BCUT2D eigenvalue weighted by atomic mass is 16.5. The molecule has 2 heteroatoms. The van der Waals surface area contributed by atoms with Crippen LogP contribution in [0.2, 0.25) is 0 Å². The topological polar surface area (TPSA) is 35.2 Å². The zero-order valence-electron chi connectivity index (χ0n) is 6.77. The third-order valence-electron chi connectivity index (χ3n) is 1.60. The van der Waals surface area contributed by atoms with E-state index in [2.05, 4.69) is 13.8 Å². The third kappa shape index (κ3) is 2.82. The average Bonchev–Trinajstić information content (AvgIpc) is 1.65. The molecule has 0 radical (unpaired) electrons. The van der Waals surface area contributed by atoms with Crippen LogP contribution in [-0.2, 0) is 4.74 Å². The maximum atomic E-state index is 5.75. The lowest BCUT2D eigenvalue weighted by Crippen LogP contribution is -2.44. The molecule has 0 saturated heterocycles. The van der Waals surface area contributed by atoms with Gasteiger partial charge in [-0.2, -0.15) is 0 Å². The molecule has 0 saturated carbocycles. The van der Waals surface area contributed by atoms with E-state index in [1.807, 2.05) is 13.8 Å². The highest BCUT2D eigenvalue weighted by Gasteiger charge is 2.22. The lowest BCUT2D eigenvalue weighted by atomic mass is 10.0. The second-order valence-corrected chi connectivity index (χ2v) is 2.77. The second kappa shape index (κ2) is 3.18. The molecule has 0 aliphatic carbocycles. The van der Waals surface area contributed by atoms with E-state index in [1.165, 1.54) is 0 Å². The Balaban J connectivity index is 3.70. The average molecular weight is 131 g/mol. The molecule has 0 aliphatic rings. The second-order valence-electron chi connectivity index (χ2n) is 2.77. The monoisotopic (exact) mass is 131 g/mol. The minimum atomic E-state index is -0.450. The van der Waals surface area contributed by atoms with Gasteiger partial charge < -0.3 is 10.5 Å². The van der Waals surface area contributed by atoms with Crippen LogP contribution in [0.3, 0.4) is 0 Å².